The Morgan fingerprint density at radius 2 is 2.06 bits per heavy atom. The summed E-state index contributed by atoms with van der Waals surface area (Å²) in [4.78, 5) is 6.29. The molecule has 0 bridgehead atoms. The summed E-state index contributed by atoms with van der Waals surface area (Å²) >= 11 is 0. The maximum atomic E-state index is 9.17. The maximum absolute atomic E-state index is 9.17. The van der Waals surface area contributed by atoms with Gasteiger partial charge in [-0.3, -0.25) is 0 Å². The van der Waals surface area contributed by atoms with Gasteiger partial charge < -0.3 is 4.90 Å². The number of aromatic nitrogens is 1. The zero-order chi connectivity index (χ0) is 13.0. The zero-order valence-corrected chi connectivity index (χ0v) is 10.7. The second-order valence-electron chi connectivity index (χ2n) is 4.21. The van der Waals surface area contributed by atoms with Crippen LogP contribution in [0.1, 0.15) is 30.2 Å². The molecule has 0 aliphatic heterocycles. The molecule has 0 radical (unpaired) electrons. The summed E-state index contributed by atoms with van der Waals surface area (Å²) in [5.74, 6) is 0.660. The molecule has 0 saturated heterocycles. The minimum absolute atomic E-state index is 0.0424. The molecule has 4 heteroatoms. The quantitative estimate of drug-likeness (QED) is 0.796. The van der Waals surface area contributed by atoms with Crippen molar-refractivity contribution in [2.24, 2.45) is 0 Å². The molecular formula is C13H16N4. The van der Waals surface area contributed by atoms with E-state index in [-0.39, 0.29) is 6.04 Å². The van der Waals surface area contributed by atoms with Crippen LogP contribution in [0.3, 0.4) is 0 Å². The molecular weight excluding hydrogens is 212 g/mol. The summed E-state index contributed by atoms with van der Waals surface area (Å²) in [5, 5.41) is 17.9. The van der Waals surface area contributed by atoms with Crippen LogP contribution in [0.25, 0.3) is 0 Å². The standard InChI is InChI=1S/C13H16N4/c1-9-7-10(2)16-13(12(9)8-15)17(4)11(3)5-6-14/h7,11H,5H2,1-4H3. The van der Waals surface area contributed by atoms with Gasteiger partial charge in [0, 0.05) is 18.8 Å². The Morgan fingerprint density at radius 3 is 2.59 bits per heavy atom. The van der Waals surface area contributed by atoms with Crippen LogP contribution in [0, 0.1) is 36.5 Å². The molecule has 0 spiro atoms. The Hall–Kier alpha value is -2.07. The molecule has 88 valence electrons. The molecule has 17 heavy (non-hydrogen) atoms. The first kappa shape index (κ1) is 13.0. The largest absolute Gasteiger partial charge is 0.355 e. The lowest BCUT2D eigenvalue weighted by Gasteiger charge is -2.25. The first-order valence-electron chi connectivity index (χ1n) is 5.49. The fourth-order valence-corrected chi connectivity index (χ4v) is 1.69. The molecule has 0 aliphatic rings. The third-order valence-electron chi connectivity index (χ3n) is 2.82. The highest BCUT2D eigenvalue weighted by Crippen LogP contribution is 2.22. The van der Waals surface area contributed by atoms with E-state index >= 15 is 0 Å². The third-order valence-corrected chi connectivity index (χ3v) is 2.82. The average molecular weight is 228 g/mol. The molecule has 1 unspecified atom stereocenters. The van der Waals surface area contributed by atoms with Crippen molar-refractivity contribution in [3.05, 3.63) is 22.9 Å². The van der Waals surface area contributed by atoms with Crippen molar-refractivity contribution < 1.29 is 0 Å². The van der Waals surface area contributed by atoms with Crippen molar-refractivity contribution in [3.63, 3.8) is 0 Å². The second kappa shape index (κ2) is 5.32. The summed E-state index contributed by atoms with van der Waals surface area (Å²) in [6.45, 7) is 5.75. The zero-order valence-electron chi connectivity index (χ0n) is 10.7. The first-order chi connectivity index (χ1) is 8.01. The molecule has 1 atom stereocenters. The van der Waals surface area contributed by atoms with Gasteiger partial charge in [-0.05, 0) is 32.4 Å². The van der Waals surface area contributed by atoms with Gasteiger partial charge in [-0.1, -0.05) is 0 Å². The number of pyridine rings is 1. The summed E-state index contributed by atoms with van der Waals surface area (Å²) in [7, 11) is 1.87. The Labute approximate surface area is 102 Å². The number of aryl methyl sites for hydroxylation is 2. The number of nitrogens with zero attached hydrogens (tertiary/aromatic N) is 4. The Balaban J connectivity index is 3.22. The number of nitriles is 2. The molecule has 1 rings (SSSR count). The lowest BCUT2D eigenvalue weighted by Crippen LogP contribution is -2.30. The third kappa shape index (κ3) is 2.73. The summed E-state index contributed by atoms with van der Waals surface area (Å²) in [5.41, 5.74) is 2.39. The van der Waals surface area contributed by atoms with E-state index in [9.17, 15) is 0 Å². The molecule has 1 aromatic heterocycles. The highest BCUT2D eigenvalue weighted by Gasteiger charge is 2.17. The Kier molecular flexibility index (Phi) is 4.06. The van der Waals surface area contributed by atoms with Gasteiger partial charge in [-0.2, -0.15) is 10.5 Å². The highest BCUT2D eigenvalue weighted by atomic mass is 15.2. The first-order valence-corrected chi connectivity index (χ1v) is 5.49. The van der Waals surface area contributed by atoms with Crippen molar-refractivity contribution >= 4 is 5.82 Å². The van der Waals surface area contributed by atoms with E-state index in [2.05, 4.69) is 17.1 Å². The van der Waals surface area contributed by atoms with Gasteiger partial charge in [-0.25, -0.2) is 4.98 Å². The van der Waals surface area contributed by atoms with E-state index in [4.69, 9.17) is 10.5 Å². The molecule has 0 aliphatic carbocycles. The molecule has 1 heterocycles. The van der Waals surface area contributed by atoms with Gasteiger partial charge in [-0.15, -0.1) is 0 Å². The van der Waals surface area contributed by atoms with E-state index < -0.39 is 0 Å². The van der Waals surface area contributed by atoms with Crippen LogP contribution in [-0.4, -0.2) is 18.1 Å². The molecule has 0 saturated carbocycles. The van der Waals surface area contributed by atoms with Gasteiger partial charge in [0.05, 0.1) is 18.1 Å². The van der Waals surface area contributed by atoms with Crippen LogP contribution >= 0.6 is 0 Å². The lowest BCUT2D eigenvalue weighted by atomic mass is 10.1. The predicted octanol–water partition coefficient (Wildman–Crippen LogP) is 2.31. The van der Waals surface area contributed by atoms with Gasteiger partial charge in [0.1, 0.15) is 11.9 Å². The van der Waals surface area contributed by atoms with E-state index in [1.165, 1.54) is 0 Å². The van der Waals surface area contributed by atoms with Gasteiger partial charge >= 0.3 is 0 Å². The van der Waals surface area contributed by atoms with Gasteiger partial charge in [0.15, 0.2) is 0 Å². The summed E-state index contributed by atoms with van der Waals surface area (Å²) < 4.78 is 0. The molecule has 0 amide bonds. The molecule has 4 nitrogen and oxygen atoms in total. The van der Waals surface area contributed by atoms with Crippen LogP contribution < -0.4 is 4.90 Å². The maximum Gasteiger partial charge on any atom is 0.147 e. The van der Waals surface area contributed by atoms with Crippen molar-refractivity contribution in [2.75, 3.05) is 11.9 Å². The fraction of sp³-hybridized carbons (Fsp3) is 0.462. The van der Waals surface area contributed by atoms with Crippen LogP contribution in [0.15, 0.2) is 6.07 Å². The number of anilines is 1. The molecule has 0 fully saturated rings. The Bertz CT molecular complexity index is 493. The lowest BCUT2D eigenvalue weighted by molar-refractivity contribution is 0.691. The van der Waals surface area contributed by atoms with Crippen LogP contribution in [0.4, 0.5) is 5.82 Å². The normalized spacial score (nSPS) is 11.4. The topological polar surface area (TPSA) is 63.7 Å². The monoisotopic (exact) mass is 228 g/mol. The van der Waals surface area contributed by atoms with Crippen LogP contribution in [-0.2, 0) is 0 Å². The fourth-order valence-electron chi connectivity index (χ4n) is 1.69. The number of hydrogen-bond acceptors (Lipinski definition) is 4. The van der Waals surface area contributed by atoms with E-state index in [1.54, 1.807) is 0 Å². The minimum atomic E-state index is 0.0424. The van der Waals surface area contributed by atoms with Gasteiger partial charge in [0.2, 0.25) is 0 Å². The second-order valence-corrected chi connectivity index (χ2v) is 4.21. The SMILES string of the molecule is Cc1cc(C)c(C#N)c(N(C)C(C)CC#N)n1. The van der Waals surface area contributed by atoms with Crippen molar-refractivity contribution in [1.29, 1.82) is 10.5 Å². The van der Waals surface area contributed by atoms with Crippen molar-refractivity contribution in [1.82, 2.24) is 4.98 Å². The van der Waals surface area contributed by atoms with Gasteiger partial charge in [0.25, 0.3) is 0 Å². The predicted molar refractivity (Wildman–Crippen MR) is 66.5 cm³/mol. The van der Waals surface area contributed by atoms with Crippen LogP contribution in [0.5, 0.6) is 0 Å². The summed E-state index contributed by atoms with van der Waals surface area (Å²) in [6.07, 6.45) is 0.413. The minimum Gasteiger partial charge on any atom is -0.355 e. The number of rotatable bonds is 3. The smallest absolute Gasteiger partial charge is 0.147 e. The molecule has 0 N–H and O–H groups in total. The molecule has 1 aromatic rings. The highest BCUT2D eigenvalue weighted by molar-refractivity contribution is 5.58. The van der Waals surface area contributed by atoms with E-state index in [0.29, 0.717) is 17.8 Å². The van der Waals surface area contributed by atoms with E-state index in [0.717, 1.165) is 11.3 Å². The average Bonchev–Trinajstić information content (AvgIpc) is 2.27. The van der Waals surface area contributed by atoms with Crippen molar-refractivity contribution in [2.45, 2.75) is 33.2 Å². The van der Waals surface area contributed by atoms with Crippen LogP contribution in [0.2, 0.25) is 0 Å². The number of hydrogen-bond donors (Lipinski definition) is 0. The van der Waals surface area contributed by atoms with Crippen molar-refractivity contribution in [3.8, 4) is 12.1 Å². The van der Waals surface area contributed by atoms with E-state index in [1.807, 2.05) is 38.8 Å². The molecule has 0 aromatic carbocycles. The Morgan fingerprint density at radius 1 is 1.41 bits per heavy atom. The summed E-state index contributed by atoms with van der Waals surface area (Å²) in [6, 6.07) is 6.25.